The molecule has 1 unspecified atom stereocenters. The lowest BCUT2D eigenvalue weighted by Crippen LogP contribution is -2.54. The van der Waals surface area contributed by atoms with Crippen molar-refractivity contribution in [2.75, 3.05) is 11.9 Å². The van der Waals surface area contributed by atoms with Crippen molar-refractivity contribution in [3.63, 3.8) is 0 Å². The largest absolute Gasteiger partial charge is 0.547 e. The predicted molar refractivity (Wildman–Crippen MR) is 127 cm³/mol. The molecule has 190 valence electrons. The molecule has 0 bridgehead atoms. The van der Waals surface area contributed by atoms with Crippen LogP contribution in [0.5, 0.6) is 5.75 Å². The van der Waals surface area contributed by atoms with Gasteiger partial charge >= 0.3 is 19.1 Å². The molecule has 0 spiro atoms. The summed E-state index contributed by atoms with van der Waals surface area (Å²) in [6, 6.07) is 4.42. The number of nitrogens with zero attached hydrogens (tertiary/aromatic N) is 2. The molecule has 1 aromatic heterocycles. The number of oxime groups is 1. The SMILES string of the molecule is CC(C)(ON=C(C(=O)NC1Cc2cccc(C(=O)O)c2OB1O)c1csc(NC(=O)CN)n1)C(=O)O. The first-order valence-electron chi connectivity index (χ1n) is 10.4. The standard InChI is InChI=1S/C20H22BN5O9S/c1-20(2,18(31)32)35-26-14(11-8-36-19(23-11)25-13(27)7-22)16(28)24-12-6-9-4-3-5-10(17(29)30)15(9)34-21(12)33/h3-5,8,12,33H,6-7,22H2,1-2H3,(H,24,28)(H,29,30)(H,31,32)(H,23,25,27). The molecule has 2 amide bonds. The Morgan fingerprint density at radius 1 is 1.33 bits per heavy atom. The molecule has 7 N–H and O–H groups in total. The first-order chi connectivity index (χ1) is 16.9. The zero-order chi connectivity index (χ0) is 26.6. The molecular formula is C20H22BN5O9S. The number of benzene rings is 1. The van der Waals surface area contributed by atoms with Gasteiger partial charge in [0, 0.05) is 5.38 Å². The van der Waals surface area contributed by atoms with Crippen LogP contribution < -0.4 is 21.0 Å². The van der Waals surface area contributed by atoms with Gasteiger partial charge in [0.05, 0.1) is 18.0 Å². The van der Waals surface area contributed by atoms with E-state index < -0.39 is 48.1 Å². The summed E-state index contributed by atoms with van der Waals surface area (Å²) >= 11 is 0.959. The first-order valence-corrected chi connectivity index (χ1v) is 11.3. The predicted octanol–water partition coefficient (Wildman–Crippen LogP) is -0.538. The third-order valence-electron chi connectivity index (χ3n) is 4.94. The smallest absolute Gasteiger partial charge is 0.534 e. The third-order valence-corrected chi connectivity index (χ3v) is 5.70. The minimum absolute atomic E-state index is 0.0109. The summed E-state index contributed by atoms with van der Waals surface area (Å²) in [6.45, 7) is 2.15. The number of fused-ring (bicyclic) bond motifs is 1. The molecule has 0 saturated carbocycles. The second-order valence-electron chi connectivity index (χ2n) is 8.03. The quantitative estimate of drug-likeness (QED) is 0.140. The number of carbonyl (C=O) groups excluding carboxylic acids is 2. The Morgan fingerprint density at radius 3 is 2.69 bits per heavy atom. The zero-order valence-electron chi connectivity index (χ0n) is 19.0. The minimum Gasteiger partial charge on any atom is -0.534 e. The second-order valence-corrected chi connectivity index (χ2v) is 8.89. The number of nitrogens with one attached hydrogen (secondary N) is 2. The molecule has 0 fully saturated rings. The maximum absolute atomic E-state index is 13.1. The van der Waals surface area contributed by atoms with E-state index in [0.717, 1.165) is 11.3 Å². The molecular weight excluding hydrogens is 497 g/mol. The van der Waals surface area contributed by atoms with Crippen molar-refractivity contribution < 1.29 is 43.9 Å². The van der Waals surface area contributed by atoms with Crippen LogP contribution in [0.25, 0.3) is 0 Å². The van der Waals surface area contributed by atoms with Crippen molar-refractivity contribution in [3.05, 3.63) is 40.4 Å². The zero-order valence-corrected chi connectivity index (χ0v) is 19.9. The molecule has 0 aliphatic carbocycles. The van der Waals surface area contributed by atoms with Crippen molar-refractivity contribution >= 4 is 53.1 Å². The molecule has 2 aromatic rings. The highest BCUT2D eigenvalue weighted by Crippen LogP contribution is 2.30. The molecule has 0 radical (unpaired) electrons. The van der Waals surface area contributed by atoms with Crippen molar-refractivity contribution in [1.82, 2.24) is 10.3 Å². The van der Waals surface area contributed by atoms with Gasteiger partial charge in [-0.15, -0.1) is 11.3 Å². The van der Waals surface area contributed by atoms with Gasteiger partial charge in [-0.1, -0.05) is 17.3 Å². The lowest BCUT2D eigenvalue weighted by molar-refractivity contribution is -0.161. The van der Waals surface area contributed by atoms with Crippen molar-refractivity contribution in [2.45, 2.75) is 31.8 Å². The van der Waals surface area contributed by atoms with Gasteiger partial charge < -0.3 is 41.1 Å². The van der Waals surface area contributed by atoms with Crippen LogP contribution in [0.1, 0.15) is 35.5 Å². The summed E-state index contributed by atoms with van der Waals surface area (Å²) in [4.78, 5) is 56.7. The molecule has 36 heavy (non-hydrogen) atoms. The summed E-state index contributed by atoms with van der Waals surface area (Å²) < 4.78 is 5.37. The number of amides is 2. The van der Waals surface area contributed by atoms with E-state index in [1.807, 2.05) is 0 Å². The fourth-order valence-corrected chi connectivity index (χ4v) is 3.68. The van der Waals surface area contributed by atoms with Gasteiger partial charge in [0.2, 0.25) is 11.5 Å². The maximum atomic E-state index is 13.1. The van der Waals surface area contributed by atoms with Crippen molar-refractivity contribution in [1.29, 1.82) is 0 Å². The molecule has 0 saturated heterocycles. The van der Waals surface area contributed by atoms with Gasteiger partial charge in [0.25, 0.3) is 5.91 Å². The van der Waals surface area contributed by atoms with Crippen LogP contribution in [-0.4, -0.2) is 74.9 Å². The van der Waals surface area contributed by atoms with Crippen LogP contribution in [-0.2, 0) is 25.6 Å². The maximum Gasteiger partial charge on any atom is 0.547 e. The fraction of sp³-hybridized carbons (Fsp3) is 0.300. The average Bonchev–Trinajstić information content (AvgIpc) is 3.26. The third kappa shape index (κ3) is 5.97. The Morgan fingerprint density at radius 2 is 2.06 bits per heavy atom. The van der Waals surface area contributed by atoms with E-state index in [-0.39, 0.29) is 35.1 Å². The number of aromatic nitrogens is 1. The Labute approximate surface area is 208 Å². The number of carboxylic acid groups (broad SMARTS) is 2. The van der Waals surface area contributed by atoms with Gasteiger partial charge in [0.15, 0.2) is 10.8 Å². The Hall–Kier alpha value is -4.02. The number of rotatable bonds is 9. The van der Waals surface area contributed by atoms with E-state index in [0.29, 0.717) is 5.56 Å². The Balaban J connectivity index is 1.88. The number of anilines is 1. The van der Waals surface area contributed by atoms with E-state index in [2.05, 4.69) is 20.8 Å². The van der Waals surface area contributed by atoms with Crippen molar-refractivity contribution in [3.8, 4) is 5.75 Å². The number of hydrogen-bond donors (Lipinski definition) is 6. The van der Waals surface area contributed by atoms with Gasteiger partial charge in [-0.3, -0.25) is 9.59 Å². The van der Waals surface area contributed by atoms with Crippen LogP contribution in [0.2, 0.25) is 0 Å². The van der Waals surface area contributed by atoms with Crippen molar-refractivity contribution in [2.24, 2.45) is 10.9 Å². The Bertz CT molecular complexity index is 1230. The molecule has 1 atom stereocenters. The average molecular weight is 519 g/mol. The lowest BCUT2D eigenvalue weighted by Gasteiger charge is -2.29. The minimum atomic E-state index is -1.79. The molecule has 2 heterocycles. The molecule has 1 aromatic carbocycles. The monoisotopic (exact) mass is 519 g/mol. The van der Waals surface area contributed by atoms with Crippen LogP contribution in [0.3, 0.4) is 0 Å². The summed E-state index contributed by atoms with van der Waals surface area (Å²) in [5.74, 6) is -5.05. The number of nitrogens with two attached hydrogens (primary N) is 1. The van der Waals surface area contributed by atoms with Crippen LogP contribution >= 0.6 is 11.3 Å². The number of carbonyl (C=O) groups is 4. The lowest BCUT2D eigenvalue weighted by atomic mass is 9.72. The molecule has 16 heteroatoms. The number of carboxylic acids is 2. The highest BCUT2D eigenvalue weighted by Gasteiger charge is 2.39. The van der Waals surface area contributed by atoms with E-state index in [9.17, 15) is 34.4 Å². The van der Waals surface area contributed by atoms with Gasteiger partial charge in [-0.25, -0.2) is 14.6 Å². The molecule has 1 aliphatic rings. The van der Waals surface area contributed by atoms with E-state index in [1.54, 1.807) is 6.07 Å². The first kappa shape index (κ1) is 26.6. The number of aliphatic carboxylic acids is 1. The summed E-state index contributed by atoms with van der Waals surface area (Å²) in [5.41, 5.74) is 3.28. The fourth-order valence-electron chi connectivity index (χ4n) is 2.97. The molecule has 1 aliphatic heterocycles. The van der Waals surface area contributed by atoms with Crippen LogP contribution in [0, 0.1) is 0 Å². The normalized spacial score (nSPS) is 15.4. The number of hydrogen-bond acceptors (Lipinski definition) is 11. The number of thiazole rings is 1. The topological polar surface area (TPSA) is 223 Å². The Kier molecular flexibility index (Phi) is 7.91. The van der Waals surface area contributed by atoms with E-state index in [4.69, 9.17) is 15.2 Å². The van der Waals surface area contributed by atoms with Crippen LogP contribution in [0.4, 0.5) is 5.13 Å². The summed E-state index contributed by atoms with van der Waals surface area (Å²) in [5, 5.41) is 39.2. The second kappa shape index (κ2) is 10.7. The van der Waals surface area contributed by atoms with E-state index in [1.165, 1.54) is 31.4 Å². The van der Waals surface area contributed by atoms with Crippen LogP contribution in [0.15, 0.2) is 28.7 Å². The number of para-hydroxylation sites is 1. The molecule has 3 rings (SSSR count). The van der Waals surface area contributed by atoms with Gasteiger partial charge in [0.1, 0.15) is 11.4 Å². The molecule has 14 nitrogen and oxygen atoms in total. The summed E-state index contributed by atoms with van der Waals surface area (Å²) in [7, 11) is -1.60. The van der Waals surface area contributed by atoms with Gasteiger partial charge in [-0.05, 0) is 31.9 Å². The summed E-state index contributed by atoms with van der Waals surface area (Å²) in [6.07, 6.45) is 0.0208. The van der Waals surface area contributed by atoms with E-state index >= 15 is 0 Å². The highest BCUT2D eigenvalue weighted by atomic mass is 32.1. The van der Waals surface area contributed by atoms with Gasteiger partial charge in [-0.2, -0.15) is 0 Å². The highest BCUT2D eigenvalue weighted by molar-refractivity contribution is 7.14. The number of aromatic carboxylic acids is 1.